The SMILES string of the molecule is CCC1(C(=O)O)CCN(C(=O)NCCCCOC)C1. The molecule has 0 aromatic heterocycles. The van der Waals surface area contributed by atoms with Gasteiger partial charge in [0, 0.05) is 33.4 Å². The number of carbonyl (C=O) groups excluding carboxylic acids is 1. The number of rotatable bonds is 7. The second-order valence-electron chi connectivity index (χ2n) is 5.04. The summed E-state index contributed by atoms with van der Waals surface area (Å²) in [6.07, 6.45) is 2.87. The number of ether oxygens (including phenoxy) is 1. The maximum absolute atomic E-state index is 11.9. The first kappa shape index (κ1) is 15.8. The molecule has 2 N–H and O–H groups in total. The van der Waals surface area contributed by atoms with Gasteiger partial charge in [-0.1, -0.05) is 6.92 Å². The van der Waals surface area contributed by atoms with Crippen LogP contribution in [0.1, 0.15) is 32.6 Å². The highest BCUT2D eigenvalue weighted by Gasteiger charge is 2.44. The summed E-state index contributed by atoms with van der Waals surface area (Å²) >= 11 is 0. The van der Waals surface area contributed by atoms with Crippen LogP contribution in [-0.2, 0) is 9.53 Å². The molecule has 1 aliphatic rings. The van der Waals surface area contributed by atoms with E-state index in [0.29, 0.717) is 39.1 Å². The lowest BCUT2D eigenvalue weighted by molar-refractivity contribution is -0.148. The number of carboxylic acids is 1. The number of methoxy groups -OCH3 is 1. The predicted molar refractivity (Wildman–Crippen MR) is 71.1 cm³/mol. The van der Waals surface area contributed by atoms with Crippen molar-refractivity contribution in [1.82, 2.24) is 10.2 Å². The standard InChI is InChI=1S/C13H24N2O4/c1-3-13(11(16)17)6-8-15(10-13)12(18)14-7-4-5-9-19-2/h3-10H2,1-2H3,(H,14,18)(H,16,17). The van der Waals surface area contributed by atoms with Crippen molar-refractivity contribution in [2.75, 3.05) is 33.4 Å². The van der Waals surface area contributed by atoms with Crippen molar-refractivity contribution in [2.24, 2.45) is 5.41 Å². The Hall–Kier alpha value is -1.30. The van der Waals surface area contributed by atoms with Crippen LogP contribution in [0.3, 0.4) is 0 Å². The Bertz CT molecular complexity index is 322. The van der Waals surface area contributed by atoms with E-state index in [-0.39, 0.29) is 6.03 Å². The summed E-state index contributed by atoms with van der Waals surface area (Å²) in [7, 11) is 1.65. The summed E-state index contributed by atoms with van der Waals surface area (Å²) in [5.41, 5.74) is -0.757. The largest absolute Gasteiger partial charge is 0.481 e. The van der Waals surface area contributed by atoms with Crippen LogP contribution in [0.5, 0.6) is 0 Å². The molecule has 0 bridgehead atoms. The zero-order valence-electron chi connectivity index (χ0n) is 11.8. The summed E-state index contributed by atoms with van der Waals surface area (Å²) in [6, 6.07) is -0.158. The first-order valence-corrected chi connectivity index (χ1v) is 6.81. The van der Waals surface area contributed by atoms with Crippen LogP contribution >= 0.6 is 0 Å². The zero-order valence-corrected chi connectivity index (χ0v) is 11.8. The Morgan fingerprint density at radius 3 is 2.68 bits per heavy atom. The number of hydrogen-bond acceptors (Lipinski definition) is 3. The fourth-order valence-corrected chi connectivity index (χ4v) is 2.34. The number of urea groups is 1. The molecule has 1 heterocycles. The molecule has 0 aromatic rings. The number of hydrogen-bond donors (Lipinski definition) is 2. The molecule has 19 heavy (non-hydrogen) atoms. The monoisotopic (exact) mass is 272 g/mol. The summed E-state index contributed by atoms with van der Waals surface area (Å²) in [5, 5.41) is 12.1. The number of aliphatic carboxylic acids is 1. The molecule has 1 unspecified atom stereocenters. The Morgan fingerprint density at radius 1 is 1.42 bits per heavy atom. The van der Waals surface area contributed by atoms with Gasteiger partial charge in [0.2, 0.25) is 0 Å². The topological polar surface area (TPSA) is 78.9 Å². The van der Waals surface area contributed by atoms with E-state index in [1.54, 1.807) is 12.0 Å². The van der Waals surface area contributed by atoms with Gasteiger partial charge in [-0.05, 0) is 25.7 Å². The average Bonchev–Trinajstić information content (AvgIpc) is 2.84. The molecule has 1 saturated heterocycles. The number of carbonyl (C=O) groups is 2. The van der Waals surface area contributed by atoms with Gasteiger partial charge < -0.3 is 20.1 Å². The summed E-state index contributed by atoms with van der Waals surface area (Å²) < 4.78 is 4.93. The van der Waals surface area contributed by atoms with Crippen molar-refractivity contribution in [3.8, 4) is 0 Å². The van der Waals surface area contributed by atoms with Gasteiger partial charge in [-0.25, -0.2) is 4.79 Å². The van der Waals surface area contributed by atoms with E-state index in [2.05, 4.69) is 5.32 Å². The Labute approximate surface area is 114 Å². The minimum absolute atomic E-state index is 0.158. The predicted octanol–water partition coefficient (Wildman–Crippen LogP) is 1.31. The molecule has 0 aliphatic carbocycles. The second-order valence-corrected chi connectivity index (χ2v) is 5.04. The maximum Gasteiger partial charge on any atom is 0.317 e. The van der Waals surface area contributed by atoms with Crippen LogP contribution in [0.25, 0.3) is 0 Å². The number of likely N-dealkylation sites (tertiary alicyclic amines) is 1. The molecule has 1 atom stereocenters. The zero-order chi connectivity index (χ0) is 14.3. The molecular weight excluding hydrogens is 248 g/mol. The van der Waals surface area contributed by atoms with E-state index >= 15 is 0 Å². The normalized spacial score (nSPS) is 22.5. The summed E-state index contributed by atoms with van der Waals surface area (Å²) in [5.74, 6) is -0.801. The highest BCUT2D eigenvalue weighted by molar-refractivity contribution is 5.79. The molecule has 0 aromatic carbocycles. The lowest BCUT2D eigenvalue weighted by Gasteiger charge is -2.23. The van der Waals surface area contributed by atoms with E-state index in [1.165, 1.54) is 0 Å². The van der Waals surface area contributed by atoms with Crippen molar-refractivity contribution in [3.63, 3.8) is 0 Å². The van der Waals surface area contributed by atoms with Crippen LogP contribution in [0, 0.1) is 5.41 Å². The lowest BCUT2D eigenvalue weighted by Crippen LogP contribution is -2.41. The molecule has 0 saturated carbocycles. The third-order valence-electron chi connectivity index (χ3n) is 3.82. The van der Waals surface area contributed by atoms with E-state index in [0.717, 1.165) is 12.8 Å². The Balaban J connectivity index is 2.33. The molecule has 6 nitrogen and oxygen atoms in total. The van der Waals surface area contributed by atoms with Crippen molar-refractivity contribution in [3.05, 3.63) is 0 Å². The molecule has 6 heteroatoms. The second kappa shape index (κ2) is 7.33. The number of carboxylic acid groups (broad SMARTS) is 1. The fourth-order valence-electron chi connectivity index (χ4n) is 2.34. The van der Waals surface area contributed by atoms with Crippen LogP contribution in [-0.4, -0.2) is 55.4 Å². The highest BCUT2D eigenvalue weighted by atomic mass is 16.5. The molecule has 0 spiro atoms. The Morgan fingerprint density at radius 2 is 2.16 bits per heavy atom. The first-order valence-electron chi connectivity index (χ1n) is 6.81. The third-order valence-corrected chi connectivity index (χ3v) is 3.82. The van der Waals surface area contributed by atoms with Crippen molar-refractivity contribution in [2.45, 2.75) is 32.6 Å². The van der Waals surface area contributed by atoms with Gasteiger partial charge in [-0.3, -0.25) is 4.79 Å². The van der Waals surface area contributed by atoms with Gasteiger partial charge in [-0.2, -0.15) is 0 Å². The smallest absolute Gasteiger partial charge is 0.317 e. The van der Waals surface area contributed by atoms with Gasteiger partial charge in [0.15, 0.2) is 0 Å². The summed E-state index contributed by atoms with van der Waals surface area (Å²) in [4.78, 5) is 24.8. The lowest BCUT2D eigenvalue weighted by atomic mass is 9.84. The molecule has 2 amide bonds. The number of amides is 2. The Kier molecular flexibility index (Phi) is 6.08. The van der Waals surface area contributed by atoms with Crippen LogP contribution in [0.2, 0.25) is 0 Å². The van der Waals surface area contributed by atoms with E-state index < -0.39 is 11.4 Å². The van der Waals surface area contributed by atoms with Gasteiger partial charge in [0.1, 0.15) is 0 Å². The first-order chi connectivity index (χ1) is 9.05. The molecule has 0 radical (unpaired) electrons. The molecule has 1 rings (SSSR count). The van der Waals surface area contributed by atoms with Gasteiger partial charge in [0.25, 0.3) is 0 Å². The number of nitrogens with zero attached hydrogens (tertiary/aromatic N) is 1. The molecule has 1 fully saturated rings. The number of nitrogens with one attached hydrogen (secondary N) is 1. The third kappa shape index (κ3) is 4.09. The van der Waals surface area contributed by atoms with Crippen molar-refractivity contribution in [1.29, 1.82) is 0 Å². The van der Waals surface area contributed by atoms with Gasteiger partial charge in [0.05, 0.1) is 5.41 Å². The van der Waals surface area contributed by atoms with Gasteiger partial charge in [-0.15, -0.1) is 0 Å². The molecule has 1 aliphatic heterocycles. The van der Waals surface area contributed by atoms with E-state index in [1.807, 2.05) is 6.92 Å². The fraction of sp³-hybridized carbons (Fsp3) is 0.846. The van der Waals surface area contributed by atoms with Crippen molar-refractivity contribution >= 4 is 12.0 Å². The minimum Gasteiger partial charge on any atom is -0.481 e. The molecule has 110 valence electrons. The van der Waals surface area contributed by atoms with E-state index in [9.17, 15) is 14.7 Å². The van der Waals surface area contributed by atoms with Crippen LogP contribution < -0.4 is 5.32 Å². The number of unbranched alkanes of at least 4 members (excludes halogenated alkanes) is 1. The van der Waals surface area contributed by atoms with Crippen LogP contribution in [0.4, 0.5) is 4.79 Å². The minimum atomic E-state index is -0.801. The van der Waals surface area contributed by atoms with Crippen molar-refractivity contribution < 1.29 is 19.4 Å². The highest BCUT2D eigenvalue weighted by Crippen LogP contribution is 2.34. The van der Waals surface area contributed by atoms with Gasteiger partial charge >= 0.3 is 12.0 Å². The average molecular weight is 272 g/mol. The van der Waals surface area contributed by atoms with Crippen LogP contribution in [0.15, 0.2) is 0 Å². The molecular formula is C13H24N2O4. The summed E-state index contributed by atoms with van der Waals surface area (Å²) in [6.45, 7) is 3.98. The quantitative estimate of drug-likeness (QED) is 0.685. The maximum atomic E-state index is 11.9. The van der Waals surface area contributed by atoms with E-state index in [4.69, 9.17) is 4.74 Å².